The van der Waals surface area contributed by atoms with Crippen molar-refractivity contribution in [3.63, 3.8) is 0 Å². The maximum atomic E-state index is 11.1. The average molecular weight is 217 g/mol. The fourth-order valence-corrected chi connectivity index (χ4v) is 1.04. The SMILES string of the molecule is O=C(NCC(O)C(=O)O)c1cnsn1. The Balaban J connectivity index is 2.40. The zero-order valence-corrected chi connectivity index (χ0v) is 7.69. The van der Waals surface area contributed by atoms with Crippen molar-refractivity contribution in [3.8, 4) is 0 Å². The van der Waals surface area contributed by atoms with Crippen molar-refractivity contribution >= 4 is 23.6 Å². The number of carboxylic acids is 1. The Hall–Kier alpha value is -1.54. The second-order valence-electron chi connectivity index (χ2n) is 2.36. The second kappa shape index (κ2) is 4.63. The number of aliphatic hydroxyl groups is 1. The van der Waals surface area contributed by atoms with Crippen LogP contribution in [0.5, 0.6) is 0 Å². The Labute approximate surface area is 82.7 Å². The van der Waals surface area contributed by atoms with Crippen molar-refractivity contribution in [2.45, 2.75) is 6.10 Å². The first-order valence-electron chi connectivity index (χ1n) is 3.58. The van der Waals surface area contributed by atoms with Gasteiger partial charge in [-0.25, -0.2) is 4.79 Å². The lowest BCUT2D eigenvalue weighted by Gasteiger charge is -2.05. The molecule has 76 valence electrons. The van der Waals surface area contributed by atoms with Gasteiger partial charge in [-0.3, -0.25) is 4.79 Å². The van der Waals surface area contributed by atoms with Gasteiger partial charge in [-0.15, -0.1) is 0 Å². The average Bonchev–Trinajstić information content (AvgIpc) is 2.66. The highest BCUT2D eigenvalue weighted by molar-refractivity contribution is 6.99. The summed E-state index contributed by atoms with van der Waals surface area (Å²) in [5.41, 5.74) is 0.104. The largest absolute Gasteiger partial charge is 0.479 e. The van der Waals surface area contributed by atoms with E-state index in [1.165, 1.54) is 6.20 Å². The molecule has 0 aromatic carbocycles. The van der Waals surface area contributed by atoms with Crippen LogP contribution in [-0.2, 0) is 4.79 Å². The van der Waals surface area contributed by atoms with Gasteiger partial charge in [-0.05, 0) is 0 Å². The van der Waals surface area contributed by atoms with Gasteiger partial charge in [0.15, 0.2) is 11.8 Å². The van der Waals surface area contributed by atoms with E-state index in [-0.39, 0.29) is 12.2 Å². The summed E-state index contributed by atoms with van der Waals surface area (Å²) in [5.74, 6) is -1.94. The highest BCUT2D eigenvalue weighted by Crippen LogP contribution is 1.94. The van der Waals surface area contributed by atoms with Gasteiger partial charge < -0.3 is 15.5 Å². The molecule has 0 aliphatic heterocycles. The zero-order valence-electron chi connectivity index (χ0n) is 6.88. The van der Waals surface area contributed by atoms with E-state index >= 15 is 0 Å². The maximum Gasteiger partial charge on any atom is 0.334 e. The fraction of sp³-hybridized carbons (Fsp3) is 0.333. The van der Waals surface area contributed by atoms with E-state index < -0.39 is 18.0 Å². The number of nitrogens with zero attached hydrogens (tertiary/aromatic N) is 2. The molecule has 14 heavy (non-hydrogen) atoms. The number of carbonyl (C=O) groups is 2. The first-order valence-corrected chi connectivity index (χ1v) is 4.31. The van der Waals surface area contributed by atoms with Crippen LogP contribution in [0.2, 0.25) is 0 Å². The molecule has 1 amide bonds. The monoisotopic (exact) mass is 217 g/mol. The van der Waals surface area contributed by atoms with Gasteiger partial charge in [0.05, 0.1) is 24.5 Å². The minimum absolute atomic E-state index is 0.104. The molecule has 0 fully saturated rings. The molecule has 7 nitrogen and oxygen atoms in total. The second-order valence-corrected chi connectivity index (χ2v) is 2.91. The number of aromatic nitrogens is 2. The van der Waals surface area contributed by atoms with E-state index in [2.05, 4.69) is 14.1 Å². The number of carbonyl (C=O) groups excluding carboxylic acids is 1. The molecule has 0 saturated carbocycles. The summed E-state index contributed by atoms with van der Waals surface area (Å²) in [6.07, 6.45) is -0.349. The van der Waals surface area contributed by atoms with Crippen LogP contribution < -0.4 is 5.32 Å². The first kappa shape index (κ1) is 10.5. The molecule has 1 rings (SSSR count). The molecule has 1 aromatic rings. The van der Waals surface area contributed by atoms with Crippen LogP contribution in [0.3, 0.4) is 0 Å². The number of aliphatic hydroxyl groups excluding tert-OH is 1. The lowest BCUT2D eigenvalue weighted by Crippen LogP contribution is -2.36. The molecule has 1 unspecified atom stereocenters. The Bertz CT molecular complexity index is 326. The van der Waals surface area contributed by atoms with Crippen LogP contribution >= 0.6 is 11.7 Å². The van der Waals surface area contributed by atoms with Crippen LogP contribution in [0.4, 0.5) is 0 Å². The third kappa shape index (κ3) is 2.75. The highest BCUT2D eigenvalue weighted by atomic mass is 32.1. The summed E-state index contributed by atoms with van der Waals surface area (Å²) >= 11 is 0.869. The van der Waals surface area contributed by atoms with Gasteiger partial charge in [-0.2, -0.15) is 8.75 Å². The van der Waals surface area contributed by atoms with E-state index in [1.807, 2.05) is 0 Å². The van der Waals surface area contributed by atoms with Crippen molar-refractivity contribution in [3.05, 3.63) is 11.9 Å². The van der Waals surface area contributed by atoms with Gasteiger partial charge in [-0.1, -0.05) is 0 Å². The van der Waals surface area contributed by atoms with Gasteiger partial charge in [0.2, 0.25) is 0 Å². The Kier molecular flexibility index (Phi) is 3.48. The van der Waals surface area contributed by atoms with E-state index in [0.29, 0.717) is 0 Å². The standard InChI is InChI=1S/C6H7N3O4S/c10-4(6(12)13)2-7-5(11)3-1-8-14-9-3/h1,4,10H,2H2,(H,7,11)(H,12,13). The molecule has 1 heterocycles. The molecule has 0 aliphatic rings. The summed E-state index contributed by atoms with van der Waals surface area (Å²) in [4.78, 5) is 21.3. The van der Waals surface area contributed by atoms with Crippen molar-refractivity contribution in [2.24, 2.45) is 0 Å². The normalized spacial score (nSPS) is 12.1. The summed E-state index contributed by atoms with van der Waals surface area (Å²) in [7, 11) is 0. The Morgan fingerprint density at radius 3 is 2.86 bits per heavy atom. The molecular weight excluding hydrogens is 210 g/mol. The van der Waals surface area contributed by atoms with Crippen LogP contribution in [0.25, 0.3) is 0 Å². The van der Waals surface area contributed by atoms with Crippen molar-refractivity contribution in [1.29, 1.82) is 0 Å². The predicted octanol–water partition coefficient (Wildman–Crippen LogP) is -1.29. The third-order valence-electron chi connectivity index (χ3n) is 1.33. The summed E-state index contributed by atoms with van der Waals surface area (Å²) < 4.78 is 7.22. The maximum absolute atomic E-state index is 11.1. The molecular formula is C6H7N3O4S. The minimum atomic E-state index is -1.61. The third-order valence-corrected chi connectivity index (χ3v) is 1.81. The zero-order chi connectivity index (χ0) is 10.6. The first-order chi connectivity index (χ1) is 6.61. The lowest BCUT2D eigenvalue weighted by atomic mass is 10.3. The van der Waals surface area contributed by atoms with E-state index in [0.717, 1.165) is 11.7 Å². The number of carboxylic acid groups (broad SMARTS) is 1. The van der Waals surface area contributed by atoms with E-state index in [9.17, 15) is 9.59 Å². The summed E-state index contributed by atoms with van der Waals surface area (Å²) in [5, 5.41) is 19.3. The number of hydrogen-bond donors (Lipinski definition) is 3. The van der Waals surface area contributed by atoms with Gasteiger partial charge >= 0.3 is 5.97 Å². The molecule has 0 aliphatic carbocycles. The van der Waals surface area contributed by atoms with Crippen LogP contribution in [-0.4, -0.2) is 43.5 Å². The molecule has 0 spiro atoms. The predicted molar refractivity (Wildman–Crippen MR) is 45.9 cm³/mol. The van der Waals surface area contributed by atoms with Crippen molar-refractivity contribution in [2.75, 3.05) is 6.54 Å². The topological polar surface area (TPSA) is 112 Å². The summed E-state index contributed by atoms with van der Waals surface area (Å²) in [6, 6.07) is 0. The molecule has 0 saturated heterocycles. The number of aliphatic carboxylic acids is 1. The Morgan fingerprint density at radius 2 is 2.36 bits per heavy atom. The van der Waals surface area contributed by atoms with Gasteiger partial charge in [0.1, 0.15) is 0 Å². The van der Waals surface area contributed by atoms with Crippen molar-refractivity contribution in [1.82, 2.24) is 14.1 Å². The molecule has 0 radical (unpaired) electrons. The van der Waals surface area contributed by atoms with Crippen molar-refractivity contribution < 1.29 is 19.8 Å². The lowest BCUT2D eigenvalue weighted by molar-refractivity contribution is -0.146. The number of hydrogen-bond acceptors (Lipinski definition) is 6. The van der Waals surface area contributed by atoms with Gasteiger partial charge in [0, 0.05) is 0 Å². The smallest absolute Gasteiger partial charge is 0.334 e. The quantitative estimate of drug-likeness (QED) is 0.578. The van der Waals surface area contributed by atoms with Crippen LogP contribution in [0.1, 0.15) is 10.5 Å². The highest BCUT2D eigenvalue weighted by Gasteiger charge is 2.15. The van der Waals surface area contributed by atoms with E-state index in [4.69, 9.17) is 10.2 Å². The molecule has 0 bridgehead atoms. The molecule has 8 heteroatoms. The van der Waals surface area contributed by atoms with Crippen LogP contribution in [0, 0.1) is 0 Å². The number of amides is 1. The number of nitrogens with one attached hydrogen (secondary N) is 1. The van der Waals surface area contributed by atoms with Crippen LogP contribution in [0.15, 0.2) is 6.20 Å². The number of rotatable bonds is 4. The van der Waals surface area contributed by atoms with E-state index in [1.54, 1.807) is 0 Å². The fourth-order valence-electron chi connectivity index (χ4n) is 0.632. The molecule has 1 aromatic heterocycles. The minimum Gasteiger partial charge on any atom is -0.479 e. The Morgan fingerprint density at radius 1 is 1.64 bits per heavy atom. The summed E-state index contributed by atoms with van der Waals surface area (Å²) in [6.45, 7) is -0.355. The molecule has 3 N–H and O–H groups in total. The molecule has 1 atom stereocenters. The van der Waals surface area contributed by atoms with Gasteiger partial charge in [0.25, 0.3) is 5.91 Å².